The molecule has 0 saturated carbocycles. The molecule has 0 spiro atoms. The van der Waals surface area contributed by atoms with Crippen molar-refractivity contribution >= 4 is 16.7 Å². The van der Waals surface area contributed by atoms with Crippen molar-refractivity contribution in [3.63, 3.8) is 0 Å². The second-order valence-electron chi connectivity index (χ2n) is 5.74. The molecule has 0 fully saturated rings. The summed E-state index contributed by atoms with van der Waals surface area (Å²) in [4.78, 5) is 17.2. The van der Waals surface area contributed by atoms with Crippen LogP contribution in [0.5, 0.6) is 0 Å². The summed E-state index contributed by atoms with van der Waals surface area (Å²) < 4.78 is 3.86. The highest BCUT2D eigenvalue weighted by Crippen LogP contribution is 2.20. The lowest BCUT2D eigenvalue weighted by Crippen LogP contribution is -2.20. The Labute approximate surface area is 128 Å². The monoisotopic (exact) mass is 291 g/mol. The fraction of sp³-hybridized carbons (Fsp3) is 0.222. The van der Waals surface area contributed by atoms with Crippen molar-refractivity contribution in [3.05, 3.63) is 70.3 Å². The summed E-state index contributed by atoms with van der Waals surface area (Å²) >= 11 is 0. The molecule has 1 aliphatic carbocycles. The first-order valence-corrected chi connectivity index (χ1v) is 7.56. The van der Waals surface area contributed by atoms with Crippen LogP contribution in [0.3, 0.4) is 0 Å². The maximum atomic E-state index is 12.7. The highest BCUT2D eigenvalue weighted by Gasteiger charge is 2.14. The summed E-state index contributed by atoms with van der Waals surface area (Å²) in [6.07, 6.45) is 10.4. The third-order valence-corrected chi connectivity index (χ3v) is 4.25. The smallest absolute Gasteiger partial charge is 0.267 e. The molecule has 0 amide bonds. The third kappa shape index (κ3) is 1.91. The van der Waals surface area contributed by atoms with Crippen molar-refractivity contribution in [3.8, 4) is 0 Å². The number of fused-ring (bicyclic) bond motifs is 2. The minimum absolute atomic E-state index is 0.00868. The SMILES string of the molecule is Cc1cnc2n(CC3=CC=CCC3)c3ccccc3c(=O)n12. The van der Waals surface area contributed by atoms with Crippen LogP contribution in [0, 0.1) is 6.92 Å². The molecule has 2 aromatic heterocycles. The largest absolute Gasteiger partial charge is 0.307 e. The Hall–Kier alpha value is -2.62. The molecular weight excluding hydrogens is 274 g/mol. The number of allylic oxidation sites excluding steroid dienone is 4. The van der Waals surface area contributed by atoms with Crippen LogP contribution in [-0.2, 0) is 6.54 Å². The molecule has 4 rings (SSSR count). The Morgan fingerprint density at radius 3 is 2.95 bits per heavy atom. The van der Waals surface area contributed by atoms with Gasteiger partial charge in [0.1, 0.15) is 0 Å². The Bertz CT molecular complexity index is 989. The van der Waals surface area contributed by atoms with Crippen LogP contribution in [0.2, 0.25) is 0 Å². The van der Waals surface area contributed by atoms with Gasteiger partial charge in [0.2, 0.25) is 5.78 Å². The topological polar surface area (TPSA) is 39.3 Å². The average Bonchev–Trinajstić information content (AvgIpc) is 2.94. The van der Waals surface area contributed by atoms with E-state index >= 15 is 0 Å². The Morgan fingerprint density at radius 1 is 1.27 bits per heavy atom. The Morgan fingerprint density at radius 2 is 2.14 bits per heavy atom. The molecule has 4 heteroatoms. The van der Waals surface area contributed by atoms with E-state index in [9.17, 15) is 4.79 Å². The standard InChI is InChI=1S/C18H17N3O/c1-13-11-19-18-20(12-14-7-3-2-4-8-14)16-10-6-5-9-15(16)17(22)21(13)18/h2-3,5-7,9-11H,4,8,12H2,1H3. The zero-order valence-corrected chi connectivity index (χ0v) is 12.5. The Balaban J connectivity index is 2.05. The second-order valence-corrected chi connectivity index (χ2v) is 5.74. The van der Waals surface area contributed by atoms with E-state index in [1.54, 1.807) is 10.6 Å². The van der Waals surface area contributed by atoms with E-state index < -0.39 is 0 Å². The van der Waals surface area contributed by atoms with Gasteiger partial charge in [-0.3, -0.25) is 4.79 Å². The fourth-order valence-electron chi connectivity index (χ4n) is 3.13. The van der Waals surface area contributed by atoms with E-state index in [4.69, 9.17) is 0 Å². The number of hydrogen-bond acceptors (Lipinski definition) is 2. The third-order valence-electron chi connectivity index (χ3n) is 4.25. The normalized spacial score (nSPS) is 14.7. The summed E-state index contributed by atoms with van der Waals surface area (Å²) in [6.45, 7) is 2.69. The molecule has 0 bridgehead atoms. The molecule has 0 unspecified atom stereocenters. The number of hydrogen-bond donors (Lipinski definition) is 0. The number of para-hydroxylation sites is 1. The van der Waals surface area contributed by atoms with Crippen LogP contribution >= 0.6 is 0 Å². The molecule has 1 aromatic carbocycles. The zero-order valence-electron chi connectivity index (χ0n) is 12.5. The molecule has 2 heterocycles. The molecule has 110 valence electrons. The maximum Gasteiger partial charge on any atom is 0.267 e. The van der Waals surface area contributed by atoms with Gasteiger partial charge in [-0.05, 0) is 31.9 Å². The zero-order chi connectivity index (χ0) is 15.1. The van der Waals surface area contributed by atoms with Crippen molar-refractivity contribution in [2.75, 3.05) is 0 Å². The number of aryl methyl sites for hydroxylation is 1. The van der Waals surface area contributed by atoms with Gasteiger partial charge in [0, 0.05) is 12.2 Å². The lowest BCUT2D eigenvalue weighted by atomic mass is 10.1. The van der Waals surface area contributed by atoms with Gasteiger partial charge >= 0.3 is 0 Å². The van der Waals surface area contributed by atoms with E-state index in [0.717, 1.165) is 41.8 Å². The van der Waals surface area contributed by atoms with E-state index in [1.807, 2.05) is 31.2 Å². The molecule has 22 heavy (non-hydrogen) atoms. The summed E-state index contributed by atoms with van der Waals surface area (Å²) in [7, 11) is 0. The first kappa shape index (κ1) is 13.1. The number of nitrogens with zero attached hydrogens (tertiary/aromatic N) is 3. The van der Waals surface area contributed by atoms with Gasteiger partial charge in [-0.2, -0.15) is 0 Å². The molecule has 4 nitrogen and oxygen atoms in total. The van der Waals surface area contributed by atoms with E-state index in [1.165, 1.54) is 5.57 Å². The van der Waals surface area contributed by atoms with E-state index in [2.05, 4.69) is 27.8 Å². The van der Waals surface area contributed by atoms with Gasteiger partial charge in [-0.15, -0.1) is 0 Å². The molecule has 0 atom stereocenters. The molecular formula is C18H17N3O. The molecule has 1 aliphatic rings. The minimum atomic E-state index is 0.00868. The van der Waals surface area contributed by atoms with Crippen molar-refractivity contribution in [1.82, 2.24) is 14.0 Å². The molecule has 0 radical (unpaired) electrons. The van der Waals surface area contributed by atoms with Crippen LogP contribution < -0.4 is 5.56 Å². The fourth-order valence-corrected chi connectivity index (χ4v) is 3.13. The van der Waals surface area contributed by atoms with Crippen LogP contribution in [-0.4, -0.2) is 14.0 Å². The predicted molar refractivity (Wildman–Crippen MR) is 88.2 cm³/mol. The lowest BCUT2D eigenvalue weighted by molar-refractivity contribution is 0.753. The van der Waals surface area contributed by atoms with Gasteiger partial charge in [-0.25, -0.2) is 9.38 Å². The van der Waals surface area contributed by atoms with Crippen LogP contribution in [0.15, 0.2) is 59.1 Å². The van der Waals surface area contributed by atoms with Crippen LogP contribution in [0.1, 0.15) is 18.5 Å². The van der Waals surface area contributed by atoms with Crippen molar-refractivity contribution < 1.29 is 0 Å². The van der Waals surface area contributed by atoms with Crippen molar-refractivity contribution in [2.24, 2.45) is 0 Å². The lowest BCUT2D eigenvalue weighted by Gasteiger charge is -2.16. The quantitative estimate of drug-likeness (QED) is 0.727. The number of benzene rings is 1. The first-order chi connectivity index (χ1) is 10.8. The summed E-state index contributed by atoms with van der Waals surface area (Å²) in [6, 6.07) is 7.77. The minimum Gasteiger partial charge on any atom is -0.307 e. The predicted octanol–water partition coefficient (Wildman–Crippen LogP) is 3.23. The summed E-state index contributed by atoms with van der Waals surface area (Å²) in [5, 5.41) is 0.739. The van der Waals surface area contributed by atoms with Gasteiger partial charge < -0.3 is 4.57 Å². The number of imidazole rings is 1. The van der Waals surface area contributed by atoms with Gasteiger partial charge in [0.05, 0.1) is 17.1 Å². The first-order valence-electron chi connectivity index (χ1n) is 7.56. The van der Waals surface area contributed by atoms with Crippen molar-refractivity contribution in [2.45, 2.75) is 26.3 Å². The summed E-state index contributed by atoms with van der Waals surface area (Å²) in [5.41, 5.74) is 3.19. The number of rotatable bonds is 2. The second kappa shape index (κ2) is 4.98. The molecule has 0 N–H and O–H groups in total. The van der Waals surface area contributed by atoms with Crippen LogP contribution in [0.25, 0.3) is 16.7 Å². The van der Waals surface area contributed by atoms with Gasteiger partial charge in [0.25, 0.3) is 5.56 Å². The van der Waals surface area contributed by atoms with E-state index in [0.29, 0.717) is 0 Å². The molecule has 0 saturated heterocycles. The number of aromatic nitrogens is 3. The highest BCUT2D eigenvalue weighted by molar-refractivity contribution is 5.80. The van der Waals surface area contributed by atoms with E-state index in [-0.39, 0.29) is 5.56 Å². The van der Waals surface area contributed by atoms with Gasteiger partial charge in [0.15, 0.2) is 0 Å². The molecule has 0 aliphatic heterocycles. The highest BCUT2D eigenvalue weighted by atomic mass is 16.1. The Kier molecular flexibility index (Phi) is 2.96. The van der Waals surface area contributed by atoms with Crippen LogP contribution in [0.4, 0.5) is 0 Å². The van der Waals surface area contributed by atoms with Gasteiger partial charge in [-0.1, -0.05) is 35.9 Å². The summed E-state index contributed by atoms with van der Waals surface area (Å²) in [5.74, 6) is 0.719. The molecule has 3 aromatic rings. The average molecular weight is 291 g/mol. The maximum absolute atomic E-state index is 12.7. The van der Waals surface area contributed by atoms with Crippen molar-refractivity contribution in [1.29, 1.82) is 0 Å².